The van der Waals surface area contributed by atoms with E-state index in [2.05, 4.69) is 22.2 Å². The Morgan fingerprint density at radius 1 is 1.28 bits per heavy atom. The van der Waals surface area contributed by atoms with Gasteiger partial charge < -0.3 is 44.9 Å². The summed E-state index contributed by atoms with van der Waals surface area (Å²) in [5, 5.41) is 45.8. The highest BCUT2D eigenvalue weighted by atomic mass is 16.6. The summed E-state index contributed by atoms with van der Waals surface area (Å²) in [6.45, 7) is 14.6. The first-order valence-electron chi connectivity index (χ1n) is 17.1. The Morgan fingerprint density at radius 2 is 1.96 bits per heavy atom. The highest BCUT2D eigenvalue weighted by molar-refractivity contribution is 5.70. The van der Waals surface area contributed by atoms with Crippen LogP contribution in [-0.2, 0) is 19.0 Å². The van der Waals surface area contributed by atoms with Gasteiger partial charge in [0.15, 0.2) is 6.10 Å². The van der Waals surface area contributed by atoms with Crippen molar-refractivity contribution in [3.8, 4) is 0 Å². The quantitative estimate of drug-likeness (QED) is 0.0954. The summed E-state index contributed by atoms with van der Waals surface area (Å²) in [6, 6.07) is 0. The van der Waals surface area contributed by atoms with Gasteiger partial charge in [0.1, 0.15) is 11.7 Å². The number of esters is 1. The van der Waals surface area contributed by atoms with Crippen molar-refractivity contribution in [2.45, 2.75) is 121 Å². The van der Waals surface area contributed by atoms with Crippen LogP contribution in [0.1, 0.15) is 73.6 Å². The molecule has 0 spiro atoms. The number of amides is 1. The molecule has 10 unspecified atom stereocenters. The predicted molar refractivity (Wildman–Crippen MR) is 178 cm³/mol. The first-order chi connectivity index (χ1) is 22.0. The number of carbonyl (C=O) groups excluding carboxylic acids is 2. The monoisotopic (exact) mass is 665 g/mol. The van der Waals surface area contributed by atoms with Crippen LogP contribution in [0.25, 0.3) is 0 Å². The van der Waals surface area contributed by atoms with E-state index in [1.807, 2.05) is 27.7 Å². The van der Waals surface area contributed by atoms with Gasteiger partial charge in [-0.1, -0.05) is 45.1 Å². The van der Waals surface area contributed by atoms with Crippen molar-refractivity contribution in [2.75, 3.05) is 39.9 Å². The maximum Gasteiger partial charge on any atom is 0.408 e. The molecule has 3 aliphatic heterocycles. The number of carbonyl (C=O) groups is 2. The number of ether oxygens (including phenoxy) is 3. The van der Waals surface area contributed by atoms with Crippen LogP contribution >= 0.6 is 0 Å². The number of aliphatic hydroxyl groups excluding tert-OH is 2. The van der Waals surface area contributed by atoms with Gasteiger partial charge in [-0.05, 0) is 58.7 Å². The molecule has 10 atom stereocenters. The SMILES string of the molecule is CCC(O)C(C)C1OC1CC(C)(O)/C=C/C=C(\C)C1OC(=O)CC(O)CCC(C)(O)C(OC(=O)NCN2CCN(C)CC2)/C=C/C1C. The molecule has 3 rings (SSSR count). The fourth-order valence-electron chi connectivity index (χ4n) is 6.14. The summed E-state index contributed by atoms with van der Waals surface area (Å²) in [4.78, 5) is 30.0. The molecule has 0 bridgehead atoms. The van der Waals surface area contributed by atoms with Crippen LogP contribution in [-0.4, -0.2) is 130 Å². The normalized spacial score (nSPS) is 35.1. The van der Waals surface area contributed by atoms with E-state index in [4.69, 9.17) is 14.2 Å². The van der Waals surface area contributed by atoms with E-state index < -0.39 is 47.7 Å². The minimum absolute atomic E-state index is 0.0130. The Balaban J connectivity index is 1.70. The molecular formula is C35H59N3O9. The third kappa shape index (κ3) is 12.6. The maximum absolute atomic E-state index is 12.8. The van der Waals surface area contributed by atoms with Gasteiger partial charge >= 0.3 is 12.1 Å². The fourth-order valence-corrected chi connectivity index (χ4v) is 6.14. The molecular weight excluding hydrogens is 606 g/mol. The molecule has 5 N–H and O–H groups in total. The molecule has 0 aromatic carbocycles. The lowest BCUT2D eigenvalue weighted by Crippen LogP contribution is -2.50. The van der Waals surface area contributed by atoms with Gasteiger partial charge in [-0.2, -0.15) is 0 Å². The Kier molecular flexibility index (Phi) is 14.5. The fraction of sp³-hybridized carbons (Fsp3) is 0.771. The van der Waals surface area contributed by atoms with E-state index >= 15 is 0 Å². The lowest BCUT2D eigenvalue weighted by molar-refractivity contribution is -0.151. The molecule has 2 fully saturated rings. The number of hydrogen-bond donors (Lipinski definition) is 5. The van der Waals surface area contributed by atoms with Crippen LogP contribution in [0.3, 0.4) is 0 Å². The molecule has 2 saturated heterocycles. The van der Waals surface area contributed by atoms with Gasteiger partial charge in [-0.15, -0.1) is 0 Å². The van der Waals surface area contributed by atoms with Gasteiger partial charge in [0.2, 0.25) is 0 Å². The second-order valence-corrected chi connectivity index (χ2v) is 14.3. The van der Waals surface area contributed by atoms with E-state index in [1.165, 1.54) is 0 Å². The summed E-state index contributed by atoms with van der Waals surface area (Å²) >= 11 is 0. The van der Waals surface area contributed by atoms with Crippen molar-refractivity contribution < 1.29 is 44.2 Å². The number of piperazine rings is 1. The first-order valence-corrected chi connectivity index (χ1v) is 17.1. The van der Waals surface area contributed by atoms with Crippen LogP contribution in [0.2, 0.25) is 0 Å². The van der Waals surface area contributed by atoms with E-state index in [-0.39, 0.29) is 43.3 Å². The Morgan fingerprint density at radius 3 is 2.62 bits per heavy atom. The summed E-state index contributed by atoms with van der Waals surface area (Å²) in [5.41, 5.74) is -1.97. The zero-order valence-corrected chi connectivity index (χ0v) is 29.3. The largest absolute Gasteiger partial charge is 0.457 e. The number of nitrogens with zero attached hydrogens (tertiary/aromatic N) is 2. The summed E-state index contributed by atoms with van der Waals surface area (Å²) in [7, 11) is 2.06. The molecule has 0 aromatic heterocycles. The molecule has 0 radical (unpaired) electrons. The maximum atomic E-state index is 12.8. The zero-order chi connectivity index (χ0) is 34.9. The highest BCUT2D eigenvalue weighted by Crippen LogP contribution is 2.37. The van der Waals surface area contributed by atoms with E-state index in [1.54, 1.807) is 44.2 Å². The Labute approximate surface area is 280 Å². The lowest BCUT2D eigenvalue weighted by Gasteiger charge is -2.34. The molecule has 0 saturated carbocycles. The molecule has 47 heavy (non-hydrogen) atoms. The van der Waals surface area contributed by atoms with Crippen molar-refractivity contribution in [3.63, 3.8) is 0 Å². The second-order valence-electron chi connectivity index (χ2n) is 14.3. The minimum atomic E-state index is -1.50. The van der Waals surface area contributed by atoms with Crippen molar-refractivity contribution in [1.82, 2.24) is 15.1 Å². The molecule has 0 aliphatic carbocycles. The topological polar surface area (TPSA) is 165 Å². The summed E-state index contributed by atoms with van der Waals surface area (Å²) < 4.78 is 17.3. The number of cyclic esters (lactones) is 1. The molecule has 1 amide bonds. The van der Waals surface area contributed by atoms with Crippen LogP contribution in [0, 0.1) is 11.8 Å². The molecule has 3 heterocycles. The number of alkyl carbamates (subject to hydrolysis) is 1. The number of epoxide rings is 1. The van der Waals surface area contributed by atoms with E-state index in [0.717, 1.165) is 26.2 Å². The van der Waals surface area contributed by atoms with Crippen molar-refractivity contribution in [1.29, 1.82) is 0 Å². The number of rotatable bonds is 11. The summed E-state index contributed by atoms with van der Waals surface area (Å²) in [6.07, 6.45) is 5.39. The number of likely N-dealkylation sites (N-methyl/N-ethyl adjacent to an activating group) is 1. The van der Waals surface area contributed by atoms with E-state index in [0.29, 0.717) is 25.1 Å². The lowest BCUT2D eigenvalue weighted by atomic mass is 9.88. The third-order valence-corrected chi connectivity index (χ3v) is 9.64. The highest BCUT2D eigenvalue weighted by Gasteiger charge is 2.47. The number of nitrogens with one attached hydrogen (secondary N) is 1. The first kappa shape index (κ1) is 39.1. The van der Waals surface area contributed by atoms with Gasteiger partial charge in [-0.3, -0.25) is 9.69 Å². The van der Waals surface area contributed by atoms with E-state index in [9.17, 15) is 30.0 Å². The van der Waals surface area contributed by atoms with Crippen LogP contribution in [0.15, 0.2) is 36.0 Å². The molecule has 12 nitrogen and oxygen atoms in total. The number of aliphatic hydroxyl groups is 4. The standard InChI is InChI=1S/C35H59N3O9/c1-8-27(40)25(4)32-28(45-32)21-34(5,43)14-9-10-23(2)31-24(3)11-12-29(35(6,44)15-13-26(39)20-30(41)47-31)46-33(42)36-22-38-18-16-37(7)17-19-38/h9-12,14,24-29,31-32,39-40,43-44H,8,13,15-22H2,1-7H3,(H,36,42)/b12-11+,14-9+,23-10+. The number of allylic oxidation sites excluding steroid dienone is 2. The van der Waals surface area contributed by atoms with Gasteiger partial charge in [0.25, 0.3) is 0 Å². The molecule has 0 aromatic rings. The summed E-state index contributed by atoms with van der Waals surface area (Å²) in [5.74, 6) is -0.966. The van der Waals surface area contributed by atoms with Gasteiger partial charge in [0, 0.05) is 44.4 Å². The third-order valence-electron chi connectivity index (χ3n) is 9.64. The van der Waals surface area contributed by atoms with Crippen LogP contribution in [0.5, 0.6) is 0 Å². The molecule has 3 aliphatic rings. The van der Waals surface area contributed by atoms with Crippen molar-refractivity contribution >= 4 is 12.1 Å². The second kappa shape index (κ2) is 17.4. The van der Waals surface area contributed by atoms with Gasteiger partial charge in [-0.25, -0.2) is 4.79 Å². The smallest absolute Gasteiger partial charge is 0.408 e. The van der Waals surface area contributed by atoms with Crippen LogP contribution in [0.4, 0.5) is 4.79 Å². The minimum Gasteiger partial charge on any atom is -0.457 e. The Bertz CT molecular complexity index is 1120. The number of hydrogen-bond acceptors (Lipinski definition) is 11. The zero-order valence-electron chi connectivity index (χ0n) is 29.3. The average Bonchev–Trinajstić information content (AvgIpc) is 3.76. The average molecular weight is 666 g/mol. The van der Waals surface area contributed by atoms with Crippen molar-refractivity contribution in [3.05, 3.63) is 36.0 Å². The van der Waals surface area contributed by atoms with Gasteiger partial charge in [0.05, 0.1) is 43.1 Å². The Hall–Kier alpha value is -2.32. The molecule has 268 valence electrons. The predicted octanol–water partition coefficient (Wildman–Crippen LogP) is 2.50. The van der Waals surface area contributed by atoms with Crippen molar-refractivity contribution in [2.24, 2.45) is 11.8 Å². The van der Waals surface area contributed by atoms with Crippen LogP contribution < -0.4 is 5.32 Å². The molecule has 12 heteroatoms.